The Hall–Kier alpha value is -0.760. The molecule has 0 saturated heterocycles. The minimum Gasteiger partial charge on any atom is -0.293 e. The van der Waals surface area contributed by atoms with Crippen molar-refractivity contribution in [2.45, 2.75) is 52.2 Å². The van der Waals surface area contributed by atoms with E-state index in [0.29, 0.717) is 0 Å². The second kappa shape index (κ2) is 7.63. The van der Waals surface area contributed by atoms with E-state index in [1.807, 2.05) is 25.1 Å². The fraction of sp³-hybridized carbons (Fsp3) is 0.562. The maximum Gasteiger partial charge on any atom is 0.175 e. The van der Waals surface area contributed by atoms with Crippen molar-refractivity contribution in [3.05, 3.63) is 34.9 Å². The Morgan fingerprint density at radius 3 is 2.56 bits per heavy atom. The molecule has 0 fully saturated rings. The number of benzene rings is 1. The number of hydrogen-bond acceptors (Lipinski definition) is 2. The van der Waals surface area contributed by atoms with Crippen LogP contribution in [0.5, 0.6) is 0 Å². The second-order valence-corrected chi connectivity index (χ2v) is 6.33. The van der Waals surface area contributed by atoms with Crippen LogP contribution in [0.15, 0.2) is 18.2 Å². The van der Waals surface area contributed by atoms with Gasteiger partial charge in [0.1, 0.15) is 0 Å². The molecular weight excluding hydrogens is 240 g/mol. The number of carbonyl (C=O) groups is 1. The maximum absolute atomic E-state index is 12.3. The highest BCUT2D eigenvalue weighted by atomic mass is 32.2. The van der Waals surface area contributed by atoms with Crippen molar-refractivity contribution in [2.24, 2.45) is 0 Å². The molecule has 1 rings (SSSR count). The zero-order valence-electron chi connectivity index (χ0n) is 12.0. The maximum atomic E-state index is 12.3. The van der Waals surface area contributed by atoms with E-state index in [4.69, 9.17) is 0 Å². The molecule has 0 aliphatic carbocycles. The van der Waals surface area contributed by atoms with Crippen LogP contribution in [0.1, 0.15) is 54.6 Å². The summed E-state index contributed by atoms with van der Waals surface area (Å²) in [6, 6.07) is 6.01. The molecule has 1 unspecified atom stereocenters. The quantitative estimate of drug-likeness (QED) is 0.520. The lowest BCUT2D eigenvalue weighted by Gasteiger charge is -2.11. The van der Waals surface area contributed by atoms with Crippen LogP contribution >= 0.6 is 11.8 Å². The average molecular weight is 264 g/mol. The molecular formula is C16H24OS. The van der Waals surface area contributed by atoms with Crippen molar-refractivity contribution in [1.29, 1.82) is 0 Å². The van der Waals surface area contributed by atoms with Crippen LogP contribution in [0.2, 0.25) is 0 Å². The van der Waals surface area contributed by atoms with Crippen LogP contribution in [-0.2, 0) is 0 Å². The van der Waals surface area contributed by atoms with Crippen molar-refractivity contribution in [2.75, 3.05) is 5.75 Å². The lowest BCUT2D eigenvalue weighted by atomic mass is 10.0. The van der Waals surface area contributed by atoms with Crippen LogP contribution in [0.3, 0.4) is 0 Å². The number of aryl methyl sites for hydroxylation is 2. The zero-order valence-corrected chi connectivity index (χ0v) is 12.8. The number of rotatable bonds is 7. The Labute approximate surface area is 115 Å². The number of unbranched alkanes of at least 4 members (excludes halogenated alkanes) is 2. The summed E-state index contributed by atoms with van der Waals surface area (Å²) >= 11 is 1.78. The smallest absolute Gasteiger partial charge is 0.175 e. The molecule has 0 radical (unpaired) electrons. The van der Waals surface area contributed by atoms with Gasteiger partial charge in [0.25, 0.3) is 0 Å². The fourth-order valence-corrected chi connectivity index (χ4v) is 2.83. The standard InChI is InChI=1S/C16H24OS/c1-5-6-7-10-18-14(4)16(17)15-9-8-12(2)13(3)11-15/h8-9,11,14H,5-7,10H2,1-4H3. The van der Waals surface area contributed by atoms with Gasteiger partial charge in [-0.2, -0.15) is 11.8 Å². The van der Waals surface area contributed by atoms with Gasteiger partial charge >= 0.3 is 0 Å². The number of Topliss-reactive ketones (excluding diaryl/α,β-unsaturated/α-hetero) is 1. The molecule has 0 aromatic heterocycles. The number of carbonyl (C=O) groups excluding carboxylic acids is 1. The van der Waals surface area contributed by atoms with Crippen molar-refractivity contribution in [3.8, 4) is 0 Å². The van der Waals surface area contributed by atoms with Crippen LogP contribution < -0.4 is 0 Å². The van der Waals surface area contributed by atoms with Gasteiger partial charge in [-0.25, -0.2) is 0 Å². The largest absolute Gasteiger partial charge is 0.293 e. The van der Waals surface area contributed by atoms with E-state index in [1.54, 1.807) is 11.8 Å². The first-order valence-electron chi connectivity index (χ1n) is 6.79. The van der Waals surface area contributed by atoms with E-state index < -0.39 is 0 Å². The van der Waals surface area contributed by atoms with Gasteiger partial charge in [-0.15, -0.1) is 0 Å². The van der Waals surface area contributed by atoms with E-state index in [2.05, 4.69) is 20.8 Å². The summed E-state index contributed by atoms with van der Waals surface area (Å²) in [6.07, 6.45) is 3.71. The van der Waals surface area contributed by atoms with E-state index >= 15 is 0 Å². The summed E-state index contributed by atoms with van der Waals surface area (Å²) in [7, 11) is 0. The molecule has 0 bridgehead atoms. The van der Waals surface area contributed by atoms with Gasteiger partial charge in [0.05, 0.1) is 5.25 Å². The Kier molecular flexibility index (Phi) is 6.48. The summed E-state index contributed by atoms with van der Waals surface area (Å²) in [5, 5.41) is 0.0731. The topological polar surface area (TPSA) is 17.1 Å². The van der Waals surface area contributed by atoms with Crippen LogP contribution in [0, 0.1) is 13.8 Å². The molecule has 0 aliphatic rings. The van der Waals surface area contributed by atoms with Crippen molar-refractivity contribution >= 4 is 17.5 Å². The summed E-state index contributed by atoms with van der Waals surface area (Å²) < 4.78 is 0. The van der Waals surface area contributed by atoms with E-state index in [-0.39, 0.29) is 11.0 Å². The van der Waals surface area contributed by atoms with Gasteiger partial charge in [-0.1, -0.05) is 31.9 Å². The van der Waals surface area contributed by atoms with Gasteiger partial charge in [-0.05, 0) is 50.1 Å². The lowest BCUT2D eigenvalue weighted by molar-refractivity contribution is 0.0994. The molecule has 0 amide bonds. The van der Waals surface area contributed by atoms with Crippen molar-refractivity contribution < 1.29 is 4.79 Å². The Morgan fingerprint density at radius 2 is 1.94 bits per heavy atom. The van der Waals surface area contributed by atoms with E-state index in [0.717, 1.165) is 11.3 Å². The average Bonchev–Trinajstić information content (AvgIpc) is 2.37. The lowest BCUT2D eigenvalue weighted by Crippen LogP contribution is -2.14. The second-order valence-electron chi connectivity index (χ2n) is 4.88. The van der Waals surface area contributed by atoms with E-state index in [1.165, 1.54) is 30.4 Å². The first-order chi connectivity index (χ1) is 8.56. The van der Waals surface area contributed by atoms with Gasteiger partial charge < -0.3 is 0 Å². The van der Waals surface area contributed by atoms with Crippen molar-refractivity contribution in [1.82, 2.24) is 0 Å². The van der Waals surface area contributed by atoms with Gasteiger partial charge in [-0.3, -0.25) is 4.79 Å². The summed E-state index contributed by atoms with van der Waals surface area (Å²) in [5.41, 5.74) is 3.30. The highest BCUT2D eigenvalue weighted by Crippen LogP contribution is 2.19. The minimum absolute atomic E-state index is 0.0731. The highest BCUT2D eigenvalue weighted by molar-refractivity contribution is 8.00. The van der Waals surface area contributed by atoms with Crippen LogP contribution in [0.25, 0.3) is 0 Å². The molecule has 1 aromatic carbocycles. The number of thioether (sulfide) groups is 1. The van der Waals surface area contributed by atoms with Gasteiger partial charge in [0, 0.05) is 5.56 Å². The first kappa shape index (κ1) is 15.3. The summed E-state index contributed by atoms with van der Waals surface area (Å²) in [4.78, 5) is 12.3. The first-order valence-corrected chi connectivity index (χ1v) is 7.84. The minimum atomic E-state index is 0.0731. The molecule has 100 valence electrons. The molecule has 0 saturated carbocycles. The third-order valence-corrected chi connectivity index (χ3v) is 4.51. The Morgan fingerprint density at radius 1 is 1.22 bits per heavy atom. The number of ketones is 1. The Balaban J connectivity index is 2.54. The third kappa shape index (κ3) is 4.49. The predicted octanol–water partition coefficient (Wildman–Crippen LogP) is 4.80. The van der Waals surface area contributed by atoms with Crippen molar-refractivity contribution in [3.63, 3.8) is 0 Å². The Bertz CT molecular complexity index is 398. The zero-order chi connectivity index (χ0) is 13.5. The monoisotopic (exact) mass is 264 g/mol. The number of hydrogen-bond donors (Lipinski definition) is 0. The fourth-order valence-electron chi connectivity index (χ4n) is 1.82. The summed E-state index contributed by atoms with van der Waals surface area (Å²) in [6.45, 7) is 8.36. The van der Waals surface area contributed by atoms with Gasteiger partial charge in [0.2, 0.25) is 0 Å². The predicted molar refractivity (Wildman–Crippen MR) is 81.7 cm³/mol. The molecule has 1 nitrogen and oxygen atoms in total. The molecule has 2 heteroatoms. The normalized spacial score (nSPS) is 12.4. The molecule has 18 heavy (non-hydrogen) atoms. The molecule has 0 N–H and O–H groups in total. The summed E-state index contributed by atoms with van der Waals surface area (Å²) in [5.74, 6) is 1.35. The third-order valence-electron chi connectivity index (χ3n) is 3.28. The SMILES string of the molecule is CCCCCSC(C)C(=O)c1ccc(C)c(C)c1. The molecule has 1 atom stereocenters. The molecule has 0 aliphatic heterocycles. The van der Waals surface area contributed by atoms with Gasteiger partial charge in [0.15, 0.2) is 5.78 Å². The van der Waals surface area contributed by atoms with Crippen LogP contribution in [0.4, 0.5) is 0 Å². The molecule has 0 spiro atoms. The highest BCUT2D eigenvalue weighted by Gasteiger charge is 2.15. The molecule has 1 aromatic rings. The van der Waals surface area contributed by atoms with E-state index in [9.17, 15) is 4.79 Å². The van der Waals surface area contributed by atoms with Crippen LogP contribution in [-0.4, -0.2) is 16.8 Å². The molecule has 0 heterocycles.